The zero-order valence-corrected chi connectivity index (χ0v) is 20.9. The summed E-state index contributed by atoms with van der Waals surface area (Å²) in [6.45, 7) is 7.27. The van der Waals surface area contributed by atoms with Crippen LogP contribution in [0, 0.1) is 19.8 Å². The van der Waals surface area contributed by atoms with Gasteiger partial charge in [-0.15, -0.1) is 0 Å². The first-order chi connectivity index (χ1) is 16.5. The number of carbonyl (C=O) groups is 2. The van der Waals surface area contributed by atoms with E-state index in [4.69, 9.17) is 0 Å². The molecule has 1 amide bonds. The Hall–Kier alpha value is -2.46. The van der Waals surface area contributed by atoms with E-state index in [9.17, 15) is 9.59 Å². The van der Waals surface area contributed by atoms with Gasteiger partial charge in [-0.25, -0.2) is 0 Å². The van der Waals surface area contributed by atoms with Crippen molar-refractivity contribution in [3.8, 4) is 0 Å². The van der Waals surface area contributed by atoms with Gasteiger partial charge in [0.05, 0.1) is 0 Å². The summed E-state index contributed by atoms with van der Waals surface area (Å²) in [7, 11) is 0. The highest BCUT2D eigenvalue weighted by molar-refractivity contribution is 5.96. The smallest absolute Gasteiger partial charge is 0.227 e. The van der Waals surface area contributed by atoms with Crippen molar-refractivity contribution >= 4 is 17.4 Å². The zero-order valence-electron chi connectivity index (χ0n) is 20.9. The highest BCUT2D eigenvalue weighted by atomic mass is 16.2. The number of ketones is 1. The largest absolute Gasteiger partial charge is 0.326 e. The molecule has 0 unspecified atom stereocenters. The van der Waals surface area contributed by atoms with Crippen LogP contribution in [0.15, 0.2) is 42.5 Å². The Bertz CT molecular complexity index is 985. The Morgan fingerprint density at radius 1 is 0.912 bits per heavy atom. The minimum atomic E-state index is 0.183. The topological polar surface area (TPSA) is 49.4 Å². The Labute approximate surface area is 205 Å². The normalized spacial score (nSPS) is 18.1. The molecule has 0 aromatic heterocycles. The lowest BCUT2D eigenvalue weighted by Gasteiger charge is -2.32. The third-order valence-electron chi connectivity index (χ3n) is 7.90. The van der Waals surface area contributed by atoms with E-state index in [1.807, 2.05) is 24.3 Å². The van der Waals surface area contributed by atoms with Crippen molar-refractivity contribution in [1.29, 1.82) is 0 Å². The zero-order chi connectivity index (χ0) is 23.9. The van der Waals surface area contributed by atoms with Crippen LogP contribution in [0.5, 0.6) is 0 Å². The predicted octanol–water partition coefficient (Wildman–Crippen LogP) is 6.66. The van der Waals surface area contributed by atoms with Crippen LogP contribution in [0.1, 0.15) is 90.8 Å². The standard InChI is InChI=1S/C30H40N2O2/c1-22-13-14-27(20-23(22)2)29(33)12-7-17-32-18-15-24(16-19-32)26-10-6-11-28(21-26)31-30(34)25-8-4-3-5-9-25/h6,10-11,13-14,20-21,24-25H,3-5,7-9,12,15-19H2,1-2H3,(H,31,34). The van der Waals surface area contributed by atoms with Crippen molar-refractivity contribution in [1.82, 2.24) is 4.90 Å². The number of nitrogens with zero attached hydrogens (tertiary/aromatic N) is 1. The quantitative estimate of drug-likeness (QED) is 0.448. The summed E-state index contributed by atoms with van der Waals surface area (Å²) >= 11 is 0. The van der Waals surface area contributed by atoms with Crippen LogP contribution in [0.3, 0.4) is 0 Å². The molecule has 1 heterocycles. The summed E-state index contributed by atoms with van der Waals surface area (Å²) in [6.07, 6.45) is 9.47. The minimum absolute atomic E-state index is 0.183. The number of amides is 1. The number of nitrogens with one attached hydrogen (secondary N) is 1. The summed E-state index contributed by atoms with van der Waals surface area (Å²) < 4.78 is 0. The van der Waals surface area contributed by atoms with E-state index >= 15 is 0 Å². The first-order valence-electron chi connectivity index (χ1n) is 13.2. The maximum Gasteiger partial charge on any atom is 0.227 e. The monoisotopic (exact) mass is 460 g/mol. The van der Waals surface area contributed by atoms with Crippen LogP contribution in [0.2, 0.25) is 0 Å². The van der Waals surface area contributed by atoms with E-state index in [2.05, 4.69) is 42.3 Å². The summed E-state index contributed by atoms with van der Waals surface area (Å²) in [5.41, 5.74) is 5.55. The number of piperidine rings is 1. The van der Waals surface area contributed by atoms with Crippen molar-refractivity contribution in [3.05, 3.63) is 64.7 Å². The third kappa shape index (κ3) is 6.56. The Kier molecular flexibility index (Phi) is 8.55. The molecule has 1 aliphatic heterocycles. The minimum Gasteiger partial charge on any atom is -0.326 e. The molecule has 4 nitrogen and oxygen atoms in total. The number of aryl methyl sites for hydroxylation is 2. The first-order valence-corrected chi connectivity index (χ1v) is 13.2. The molecule has 4 heteroatoms. The second-order valence-electron chi connectivity index (χ2n) is 10.4. The Morgan fingerprint density at radius 3 is 2.41 bits per heavy atom. The molecule has 2 aromatic carbocycles. The van der Waals surface area contributed by atoms with Gasteiger partial charge in [0.2, 0.25) is 5.91 Å². The van der Waals surface area contributed by atoms with E-state index in [0.29, 0.717) is 12.3 Å². The van der Waals surface area contributed by atoms with Gasteiger partial charge < -0.3 is 10.2 Å². The molecule has 1 N–H and O–H groups in total. The highest BCUT2D eigenvalue weighted by Gasteiger charge is 2.23. The lowest BCUT2D eigenvalue weighted by molar-refractivity contribution is -0.120. The Balaban J connectivity index is 1.21. The van der Waals surface area contributed by atoms with E-state index in [1.54, 1.807) is 0 Å². The average molecular weight is 461 g/mol. The van der Waals surface area contributed by atoms with Gasteiger partial charge in [-0.2, -0.15) is 0 Å². The van der Waals surface area contributed by atoms with Crippen molar-refractivity contribution < 1.29 is 9.59 Å². The van der Waals surface area contributed by atoms with Crippen molar-refractivity contribution in [3.63, 3.8) is 0 Å². The fraction of sp³-hybridized carbons (Fsp3) is 0.533. The second kappa shape index (κ2) is 11.8. The molecule has 0 bridgehead atoms. The van der Waals surface area contributed by atoms with Crippen molar-refractivity contribution in [2.75, 3.05) is 25.0 Å². The molecule has 182 valence electrons. The van der Waals surface area contributed by atoms with Crippen LogP contribution in [0.4, 0.5) is 5.69 Å². The SMILES string of the molecule is Cc1ccc(C(=O)CCCN2CCC(c3cccc(NC(=O)C4CCCCC4)c3)CC2)cc1C. The molecule has 0 spiro atoms. The van der Waals surface area contributed by atoms with Gasteiger partial charge in [-0.3, -0.25) is 9.59 Å². The first kappa shape index (κ1) is 24.7. The maximum atomic E-state index is 12.6. The van der Waals surface area contributed by atoms with Gasteiger partial charge in [-0.1, -0.05) is 43.5 Å². The molecule has 1 aliphatic carbocycles. The van der Waals surface area contributed by atoms with Crippen molar-refractivity contribution in [2.45, 2.75) is 77.6 Å². The fourth-order valence-corrected chi connectivity index (χ4v) is 5.49. The lowest BCUT2D eigenvalue weighted by atomic mass is 9.88. The maximum absolute atomic E-state index is 12.6. The molecule has 1 saturated carbocycles. The molecule has 34 heavy (non-hydrogen) atoms. The summed E-state index contributed by atoms with van der Waals surface area (Å²) in [4.78, 5) is 27.7. The average Bonchev–Trinajstić information content (AvgIpc) is 2.86. The number of hydrogen-bond donors (Lipinski definition) is 1. The fourth-order valence-electron chi connectivity index (χ4n) is 5.49. The number of hydrogen-bond acceptors (Lipinski definition) is 3. The molecule has 1 saturated heterocycles. The molecular weight excluding hydrogens is 420 g/mol. The van der Waals surface area contributed by atoms with E-state index in [-0.39, 0.29) is 17.6 Å². The summed E-state index contributed by atoms with van der Waals surface area (Å²) in [5.74, 6) is 1.18. The van der Waals surface area contributed by atoms with Crippen LogP contribution < -0.4 is 5.32 Å². The number of likely N-dealkylation sites (tertiary alicyclic amines) is 1. The molecule has 4 rings (SSSR count). The highest BCUT2D eigenvalue weighted by Crippen LogP contribution is 2.30. The molecule has 2 fully saturated rings. The number of benzene rings is 2. The number of anilines is 1. The van der Waals surface area contributed by atoms with Gasteiger partial charge in [-0.05, 0) is 106 Å². The number of Topliss-reactive ketones (excluding diaryl/α,β-unsaturated/α-hetero) is 1. The molecule has 0 atom stereocenters. The third-order valence-corrected chi connectivity index (χ3v) is 7.90. The van der Waals surface area contributed by atoms with Gasteiger partial charge in [0.25, 0.3) is 0 Å². The molecule has 2 aliphatic rings. The molecule has 0 radical (unpaired) electrons. The molecule has 2 aromatic rings. The van der Waals surface area contributed by atoms with Crippen LogP contribution in [-0.2, 0) is 4.79 Å². The van der Waals surface area contributed by atoms with Crippen LogP contribution in [0.25, 0.3) is 0 Å². The second-order valence-corrected chi connectivity index (χ2v) is 10.4. The van der Waals surface area contributed by atoms with Gasteiger partial charge >= 0.3 is 0 Å². The van der Waals surface area contributed by atoms with E-state index < -0.39 is 0 Å². The number of carbonyl (C=O) groups excluding carboxylic acids is 2. The molecular formula is C30H40N2O2. The van der Waals surface area contributed by atoms with Gasteiger partial charge in [0, 0.05) is 23.6 Å². The van der Waals surface area contributed by atoms with Crippen molar-refractivity contribution in [2.24, 2.45) is 5.92 Å². The van der Waals surface area contributed by atoms with E-state index in [1.165, 1.54) is 36.0 Å². The van der Waals surface area contributed by atoms with Crippen LogP contribution in [-0.4, -0.2) is 36.2 Å². The van der Waals surface area contributed by atoms with Gasteiger partial charge in [0.15, 0.2) is 5.78 Å². The summed E-state index contributed by atoms with van der Waals surface area (Å²) in [5, 5.41) is 3.18. The lowest BCUT2D eigenvalue weighted by Crippen LogP contribution is -2.34. The van der Waals surface area contributed by atoms with E-state index in [0.717, 1.165) is 63.0 Å². The predicted molar refractivity (Wildman–Crippen MR) is 140 cm³/mol. The number of rotatable bonds is 8. The summed E-state index contributed by atoms with van der Waals surface area (Å²) in [6, 6.07) is 14.5. The van der Waals surface area contributed by atoms with Gasteiger partial charge in [0.1, 0.15) is 0 Å². The Morgan fingerprint density at radius 2 is 1.68 bits per heavy atom. The van der Waals surface area contributed by atoms with Crippen LogP contribution >= 0.6 is 0 Å².